The van der Waals surface area contributed by atoms with Gasteiger partial charge in [0.15, 0.2) is 0 Å². The molecule has 0 bridgehead atoms. The van der Waals surface area contributed by atoms with Crippen molar-refractivity contribution >= 4 is 35.6 Å². The zero-order chi connectivity index (χ0) is 16.6. The van der Waals surface area contributed by atoms with Crippen molar-refractivity contribution in [3.05, 3.63) is 24.3 Å². The summed E-state index contributed by atoms with van der Waals surface area (Å²) in [7, 11) is 0. The van der Waals surface area contributed by atoms with E-state index >= 15 is 0 Å². The third-order valence-corrected chi connectivity index (χ3v) is 6.00. The Morgan fingerprint density at radius 3 is 2.72 bits per heavy atom. The van der Waals surface area contributed by atoms with E-state index in [4.69, 9.17) is 0 Å². The summed E-state index contributed by atoms with van der Waals surface area (Å²) in [5.41, 5.74) is 1.51. The van der Waals surface area contributed by atoms with Gasteiger partial charge in [0.1, 0.15) is 0 Å². The highest BCUT2D eigenvalue weighted by molar-refractivity contribution is 5.97. The molecule has 0 unspecified atom stereocenters. The van der Waals surface area contributed by atoms with Crippen LogP contribution in [-0.2, 0) is 9.59 Å². The summed E-state index contributed by atoms with van der Waals surface area (Å²) in [4.78, 5) is 26.6. The van der Waals surface area contributed by atoms with E-state index in [0.717, 1.165) is 56.7 Å². The number of halogens is 1. The maximum absolute atomic E-state index is 12.9. The molecule has 1 saturated carbocycles. The number of anilines is 2. The highest BCUT2D eigenvalue weighted by Gasteiger charge is 2.49. The Balaban J connectivity index is 0.00000182. The zero-order valence-electron chi connectivity index (χ0n) is 14.4. The number of carbonyl (C=O) groups is 2. The van der Waals surface area contributed by atoms with E-state index in [-0.39, 0.29) is 29.6 Å². The molecule has 2 saturated heterocycles. The van der Waals surface area contributed by atoms with Crippen molar-refractivity contribution in [3.63, 3.8) is 0 Å². The summed E-state index contributed by atoms with van der Waals surface area (Å²) in [5.74, 6) is 0.808. The Morgan fingerprint density at radius 1 is 1.20 bits per heavy atom. The second kappa shape index (κ2) is 7.34. The van der Waals surface area contributed by atoms with E-state index in [9.17, 15) is 9.59 Å². The van der Waals surface area contributed by atoms with Gasteiger partial charge in [-0.2, -0.15) is 0 Å². The molecule has 2 heterocycles. The number of hydrogen-bond donors (Lipinski definition) is 2. The molecule has 2 amide bonds. The molecule has 136 valence electrons. The molecular weight excluding hydrogens is 338 g/mol. The number of fused-ring (bicyclic) bond motifs is 1. The Morgan fingerprint density at radius 2 is 2.00 bits per heavy atom. The first-order valence-corrected chi connectivity index (χ1v) is 9.12. The van der Waals surface area contributed by atoms with Gasteiger partial charge in [-0.05, 0) is 56.0 Å². The van der Waals surface area contributed by atoms with Crippen molar-refractivity contribution in [1.29, 1.82) is 0 Å². The first-order valence-electron chi connectivity index (χ1n) is 9.12. The largest absolute Gasteiger partial charge is 0.326 e. The fourth-order valence-electron chi connectivity index (χ4n) is 4.59. The summed E-state index contributed by atoms with van der Waals surface area (Å²) in [6, 6.07) is 7.69. The molecule has 0 spiro atoms. The number of carbonyl (C=O) groups excluding carboxylic acids is 2. The zero-order valence-corrected chi connectivity index (χ0v) is 15.2. The van der Waals surface area contributed by atoms with Crippen LogP contribution >= 0.6 is 12.4 Å². The molecule has 2 atom stereocenters. The minimum atomic E-state index is -0.234. The average molecular weight is 364 g/mol. The van der Waals surface area contributed by atoms with Crippen molar-refractivity contribution in [2.24, 2.45) is 11.3 Å². The minimum Gasteiger partial charge on any atom is -0.326 e. The Hall–Kier alpha value is -1.59. The molecule has 25 heavy (non-hydrogen) atoms. The third-order valence-electron chi connectivity index (χ3n) is 6.00. The lowest BCUT2D eigenvalue weighted by Gasteiger charge is -2.37. The highest BCUT2D eigenvalue weighted by atomic mass is 35.5. The van der Waals surface area contributed by atoms with Crippen molar-refractivity contribution in [2.75, 3.05) is 29.9 Å². The monoisotopic (exact) mass is 363 g/mol. The molecule has 0 aromatic heterocycles. The van der Waals surface area contributed by atoms with Gasteiger partial charge >= 0.3 is 0 Å². The van der Waals surface area contributed by atoms with Gasteiger partial charge in [-0.1, -0.05) is 12.8 Å². The predicted octanol–water partition coefficient (Wildman–Crippen LogP) is 2.95. The maximum Gasteiger partial charge on any atom is 0.232 e. The number of amides is 2. The van der Waals surface area contributed by atoms with Crippen LogP contribution in [0.5, 0.6) is 0 Å². The SMILES string of the molecule is Cl.O=C1CCCN1c1ccc(NC(=O)[C@@]23CCCC[C@H]2CNC3)cc1. The van der Waals surface area contributed by atoms with Gasteiger partial charge in [-0.3, -0.25) is 9.59 Å². The average Bonchev–Trinajstić information content (AvgIpc) is 3.22. The van der Waals surface area contributed by atoms with Crippen LogP contribution in [0.15, 0.2) is 24.3 Å². The van der Waals surface area contributed by atoms with Crippen LogP contribution in [0.4, 0.5) is 11.4 Å². The molecule has 3 aliphatic rings. The lowest BCUT2D eigenvalue weighted by molar-refractivity contribution is -0.128. The number of nitrogens with zero attached hydrogens (tertiary/aromatic N) is 1. The van der Waals surface area contributed by atoms with Crippen LogP contribution in [0.3, 0.4) is 0 Å². The first-order chi connectivity index (χ1) is 11.7. The fraction of sp³-hybridized carbons (Fsp3) is 0.579. The molecule has 1 aromatic carbocycles. The molecule has 3 fully saturated rings. The van der Waals surface area contributed by atoms with Crippen LogP contribution in [0.2, 0.25) is 0 Å². The van der Waals surface area contributed by atoms with Gasteiger partial charge in [-0.25, -0.2) is 0 Å². The van der Waals surface area contributed by atoms with Gasteiger partial charge in [0.25, 0.3) is 0 Å². The van der Waals surface area contributed by atoms with Gasteiger partial charge in [0.2, 0.25) is 11.8 Å². The molecule has 5 nitrogen and oxygen atoms in total. The number of nitrogens with one attached hydrogen (secondary N) is 2. The van der Waals surface area contributed by atoms with Crippen molar-refractivity contribution in [3.8, 4) is 0 Å². The normalized spacial score (nSPS) is 28.4. The summed E-state index contributed by atoms with van der Waals surface area (Å²) >= 11 is 0. The van der Waals surface area contributed by atoms with Crippen molar-refractivity contribution in [2.45, 2.75) is 38.5 Å². The lowest BCUT2D eigenvalue weighted by Crippen LogP contribution is -2.44. The number of hydrogen-bond acceptors (Lipinski definition) is 3. The smallest absolute Gasteiger partial charge is 0.232 e. The second-order valence-electron chi connectivity index (χ2n) is 7.38. The molecule has 0 radical (unpaired) electrons. The summed E-state index contributed by atoms with van der Waals surface area (Å²) in [6.45, 7) is 2.55. The van der Waals surface area contributed by atoms with Crippen LogP contribution in [0, 0.1) is 11.3 Å². The van der Waals surface area contributed by atoms with Gasteiger partial charge in [0.05, 0.1) is 5.41 Å². The molecule has 6 heteroatoms. The Labute approximate surface area is 154 Å². The number of rotatable bonds is 3. The van der Waals surface area contributed by atoms with Crippen LogP contribution in [-0.4, -0.2) is 31.4 Å². The van der Waals surface area contributed by atoms with Crippen LogP contribution < -0.4 is 15.5 Å². The van der Waals surface area contributed by atoms with E-state index in [0.29, 0.717) is 12.3 Å². The maximum atomic E-state index is 12.9. The molecule has 1 aromatic rings. The standard InChI is InChI=1S/C19H25N3O2.ClH/c23-17-5-3-11-22(17)16-8-6-15(7-9-16)21-18(24)19-10-2-1-4-14(19)12-20-13-19;/h6-9,14,20H,1-5,10-13H2,(H,21,24);1H/t14-,19+;/m0./s1. The lowest BCUT2D eigenvalue weighted by atomic mass is 9.67. The Kier molecular flexibility index (Phi) is 5.35. The topological polar surface area (TPSA) is 61.4 Å². The van der Waals surface area contributed by atoms with Gasteiger partial charge in [-0.15, -0.1) is 12.4 Å². The summed E-state index contributed by atoms with van der Waals surface area (Å²) < 4.78 is 0. The first kappa shape index (κ1) is 18.2. The van der Waals surface area contributed by atoms with Gasteiger partial charge in [0, 0.05) is 30.9 Å². The highest BCUT2D eigenvalue weighted by Crippen LogP contribution is 2.44. The Bertz CT molecular complexity index is 649. The van der Waals surface area contributed by atoms with E-state index in [1.54, 1.807) is 0 Å². The van der Waals surface area contributed by atoms with E-state index in [1.165, 1.54) is 6.42 Å². The molecule has 2 N–H and O–H groups in total. The molecule has 2 aliphatic heterocycles. The van der Waals surface area contributed by atoms with Crippen molar-refractivity contribution in [1.82, 2.24) is 5.32 Å². The summed E-state index contributed by atoms with van der Waals surface area (Å²) in [5, 5.41) is 6.54. The minimum absolute atomic E-state index is 0. The molecule has 1 aliphatic carbocycles. The van der Waals surface area contributed by atoms with Gasteiger partial charge < -0.3 is 15.5 Å². The van der Waals surface area contributed by atoms with Crippen LogP contribution in [0.25, 0.3) is 0 Å². The fourth-order valence-corrected chi connectivity index (χ4v) is 4.59. The summed E-state index contributed by atoms with van der Waals surface area (Å²) in [6.07, 6.45) is 6.07. The van der Waals surface area contributed by atoms with E-state index in [2.05, 4.69) is 10.6 Å². The molecular formula is C19H26ClN3O2. The van der Waals surface area contributed by atoms with E-state index in [1.807, 2.05) is 29.2 Å². The third kappa shape index (κ3) is 3.27. The van der Waals surface area contributed by atoms with E-state index < -0.39 is 0 Å². The predicted molar refractivity (Wildman–Crippen MR) is 101 cm³/mol. The molecule has 4 rings (SSSR count). The second-order valence-corrected chi connectivity index (χ2v) is 7.38. The van der Waals surface area contributed by atoms with Crippen molar-refractivity contribution < 1.29 is 9.59 Å². The number of benzene rings is 1. The quantitative estimate of drug-likeness (QED) is 0.867. The van der Waals surface area contributed by atoms with Crippen LogP contribution in [0.1, 0.15) is 38.5 Å².